The van der Waals surface area contributed by atoms with Gasteiger partial charge in [-0.1, -0.05) is 23.9 Å². The number of carbonyl (C=O) groups excluding carboxylic acids is 2. The van der Waals surface area contributed by atoms with E-state index in [1.54, 1.807) is 34.1 Å². The van der Waals surface area contributed by atoms with Crippen LogP contribution in [0.5, 0.6) is 0 Å². The first-order valence-electron chi connectivity index (χ1n) is 15.6. The number of ketones is 2. The molecule has 2 saturated heterocycles. The molecule has 2 aliphatic rings. The number of nitrogens with zero attached hydrogens (tertiary/aromatic N) is 2. The Bertz CT molecular complexity index is 1160. The molecule has 0 aliphatic carbocycles. The third kappa shape index (κ3) is 21.5. The molecule has 2 radical (unpaired) electrons. The molecule has 0 bridgehead atoms. The van der Waals surface area contributed by atoms with E-state index in [2.05, 4.69) is 34.0 Å². The molecule has 51 heavy (non-hydrogen) atoms. The summed E-state index contributed by atoms with van der Waals surface area (Å²) in [4.78, 5) is 24.7. The molecule has 0 amide bonds. The number of hydrogen-bond donors (Lipinski definition) is 4. The van der Waals surface area contributed by atoms with Gasteiger partial charge in [-0.05, 0) is 64.6 Å². The fourth-order valence-corrected chi connectivity index (χ4v) is 5.07. The zero-order chi connectivity index (χ0) is 36.6. The van der Waals surface area contributed by atoms with Crippen molar-refractivity contribution >= 4 is 22.9 Å². The van der Waals surface area contributed by atoms with E-state index in [0.717, 1.165) is 24.0 Å². The molecule has 278 valence electrons. The summed E-state index contributed by atoms with van der Waals surface area (Å²) in [5.74, 6) is -0.237. The normalized spacial score (nSPS) is 25.0. The van der Waals surface area contributed by atoms with Gasteiger partial charge in [0.25, 0.3) is 0 Å². The number of likely N-dealkylation sites (N-methyl/N-ethyl adjacent to an activating group) is 2. The van der Waals surface area contributed by atoms with E-state index >= 15 is 0 Å². The van der Waals surface area contributed by atoms with Gasteiger partial charge in [0.2, 0.25) is 0 Å². The first-order valence-corrected chi connectivity index (χ1v) is 15.6. The van der Waals surface area contributed by atoms with Crippen LogP contribution < -0.4 is 62.9 Å². The fraction of sp³-hybridized carbons (Fsp3) is 0.500. The minimum atomic E-state index is -0.622. The Balaban J connectivity index is -0.000000592. The smallest absolute Gasteiger partial charge is 0.457 e. The Morgan fingerprint density at radius 1 is 0.824 bits per heavy atom. The molecule has 2 aromatic carbocycles. The van der Waals surface area contributed by atoms with Crippen molar-refractivity contribution in [3.05, 3.63) is 87.6 Å². The number of rotatable bonds is 8. The van der Waals surface area contributed by atoms with Crippen molar-refractivity contribution in [1.29, 1.82) is 0 Å². The van der Waals surface area contributed by atoms with Gasteiger partial charge in [-0.3, -0.25) is 14.1 Å². The van der Waals surface area contributed by atoms with Crippen LogP contribution in [0.1, 0.15) is 37.8 Å². The van der Waals surface area contributed by atoms with Gasteiger partial charge in [0.15, 0.2) is 12.6 Å². The van der Waals surface area contributed by atoms with E-state index < -0.39 is 24.8 Å². The van der Waals surface area contributed by atoms with Gasteiger partial charge in [-0.25, -0.2) is 0 Å². The van der Waals surface area contributed by atoms with Crippen LogP contribution in [0.15, 0.2) is 42.5 Å². The molecular weight excluding hydrogens is 833 g/mol. The van der Waals surface area contributed by atoms with Gasteiger partial charge in [-0.15, -0.1) is 11.6 Å². The van der Waals surface area contributed by atoms with Crippen LogP contribution in [0.3, 0.4) is 0 Å². The molecule has 6 N–H and O–H groups in total. The Morgan fingerprint density at radius 2 is 1.22 bits per heavy atom. The number of para-hydroxylation sites is 1. The quantitative estimate of drug-likeness (QED) is 0.155. The SMILES string of the molecule is [CH2-]C(=O)Cc1c[c-]ccc1N.[CH2-]C(=O)Cc1ccccc1N.[CH2-]N(C)[C@H]1C[C@@H](C)O[C@@H](OC)[C@@H]1O.[CH2-]N(C)[C@H]1C[C@@H](C)O[C@@H](OC)[C@@H]1O.[K+].[Y].[Y]. The van der Waals surface area contributed by atoms with Gasteiger partial charge >= 0.3 is 51.4 Å². The van der Waals surface area contributed by atoms with Crippen LogP contribution in [0, 0.1) is 34.0 Å². The predicted octanol–water partition coefficient (Wildman–Crippen LogP) is -0.331. The molecule has 0 saturated carbocycles. The fourth-order valence-electron chi connectivity index (χ4n) is 5.07. The first-order chi connectivity index (χ1) is 22.5. The summed E-state index contributed by atoms with van der Waals surface area (Å²) in [5, 5.41) is 19.6. The second-order valence-corrected chi connectivity index (χ2v) is 12.0. The zero-order valence-corrected chi connectivity index (χ0v) is 40.2. The van der Waals surface area contributed by atoms with Crippen molar-refractivity contribution < 1.29 is 156 Å². The summed E-state index contributed by atoms with van der Waals surface area (Å²) in [6.07, 6.45) is 0.0751. The summed E-state index contributed by atoms with van der Waals surface area (Å²) in [5.41, 5.74) is 14.1. The van der Waals surface area contributed by atoms with E-state index in [0.29, 0.717) is 24.2 Å². The van der Waals surface area contributed by atoms with E-state index in [1.807, 2.05) is 46.1 Å². The molecular formula is C36H55KN4O8Y2-4. The van der Waals surface area contributed by atoms with E-state index in [4.69, 9.17) is 30.4 Å². The predicted molar refractivity (Wildman–Crippen MR) is 186 cm³/mol. The van der Waals surface area contributed by atoms with Crippen molar-refractivity contribution in [3.8, 4) is 0 Å². The Morgan fingerprint density at radius 3 is 1.57 bits per heavy atom. The van der Waals surface area contributed by atoms with Crippen LogP contribution >= 0.6 is 0 Å². The van der Waals surface area contributed by atoms with Gasteiger partial charge in [0, 0.05) is 110 Å². The summed E-state index contributed by atoms with van der Waals surface area (Å²) < 4.78 is 20.9. The largest absolute Gasteiger partial charge is 1.00 e. The Kier molecular flexibility index (Phi) is 32.8. The summed E-state index contributed by atoms with van der Waals surface area (Å²) in [7, 11) is 14.3. The van der Waals surface area contributed by atoms with E-state index in [1.165, 1.54) is 14.2 Å². The standard InChI is InChI=1S/2C9H18NO3.C9H10NO.C9H9NO.K.2Y/c2*1-6-5-7(10(2)3)8(11)9(12-4)13-6;2*1-7(11)6-8-4-2-3-5-9(8)10;;;/h2*6-9,11H,2,5H2,1,3-4H3;2-5H,1,6,10H2;3-5H,1,6,10H2;;;/q3*-1;-2;+1;;/t2*6-,7+,8-,9-;;;;;/m11...../s1. The van der Waals surface area contributed by atoms with Crippen molar-refractivity contribution in [3.63, 3.8) is 0 Å². The van der Waals surface area contributed by atoms with Crippen molar-refractivity contribution in [2.45, 2.75) is 88.6 Å². The number of nitrogen functional groups attached to an aromatic ring is 2. The second kappa shape index (κ2) is 29.9. The molecule has 0 aromatic heterocycles. The number of anilines is 2. The average Bonchev–Trinajstić information content (AvgIpc) is 3.01. The third-order valence-corrected chi connectivity index (χ3v) is 7.64. The maximum absolute atomic E-state index is 10.6. The van der Waals surface area contributed by atoms with Crippen LogP contribution in [0.25, 0.3) is 0 Å². The van der Waals surface area contributed by atoms with Crippen LogP contribution in [-0.4, -0.2) is 109 Å². The topological polar surface area (TPSA) is 170 Å². The summed E-state index contributed by atoms with van der Waals surface area (Å²) >= 11 is 0. The number of benzene rings is 2. The van der Waals surface area contributed by atoms with Gasteiger partial charge < -0.3 is 73.9 Å². The third-order valence-electron chi connectivity index (χ3n) is 7.64. The number of hydrogen-bond acceptors (Lipinski definition) is 12. The van der Waals surface area contributed by atoms with Gasteiger partial charge in [0.1, 0.15) is 12.2 Å². The molecule has 0 spiro atoms. The number of nitrogens with two attached hydrogens (primary N) is 2. The minimum Gasteiger partial charge on any atom is -0.457 e. The number of ether oxygens (including phenoxy) is 4. The van der Waals surface area contributed by atoms with Crippen molar-refractivity contribution in [2.75, 3.05) is 39.8 Å². The molecule has 15 heteroatoms. The monoisotopic (exact) mass is 888 g/mol. The molecule has 2 aliphatic heterocycles. The minimum absolute atomic E-state index is 0. The molecule has 4 rings (SSSR count). The van der Waals surface area contributed by atoms with Crippen molar-refractivity contribution in [1.82, 2.24) is 9.80 Å². The maximum atomic E-state index is 10.6. The Labute approximate surface area is 399 Å². The van der Waals surface area contributed by atoms with Crippen LogP contribution in [-0.2, 0) is 107 Å². The molecule has 2 heterocycles. The molecule has 8 atom stereocenters. The van der Waals surface area contributed by atoms with Gasteiger partial charge in [0.05, 0.1) is 12.2 Å². The van der Waals surface area contributed by atoms with Gasteiger partial charge in [-0.2, -0.15) is 18.2 Å². The summed E-state index contributed by atoms with van der Waals surface area (Å²) in [6.45, 7) is 10.5. The second-order valence-electron chi connectivity index (χ2n) is 12.0. The molecule has 2 aromatic rings. The summed E-state index contributed by atoms with van der Waals surface area (Å²) in [6, 6.07) is 15.3. The Hall–Kier alpha value is 0.644. The van der Waals surface area contributed by atoms with E-state index in [9.17, 15) is 19.8 Å². The molecule has 0 unspecified atom stereocenters. The van der Waals surface area contributed by atoms with E-state index in [-0.39, 0.29) is 153 Å². The van der Waals surface area contributed by atoms with Crippen LogP contribution in [0.2, 0.25) is 0 Å². The van der Waals surface area contributed by atoms with Crippen molar-refractivity contribution in [2.24, 2.45) is 0 Å². The number of Topliss-reactive ketones (excluding diaryl/α,β-unsaturated/α-hetero) is 2. The first kappa shape index (κ1) is 56.0. The van der Waals surface area contributed by atoms with Crippen LogP contribution in [0.4, 0.5) is 11.4 Å². The number of aliphatic hydroxyl groups excluding tert-OH is 2. The molecule has 2 fully saturated rings. The zero-order valence-electron chi connectivity index (χ0n) is 31.4. The number of methoxy groups -OCH3 is 2. The number of aliphatic hydroxyl groups is 2. The maximum Gasteiger partial charge on any atom is 1.00 e. The number of carbonyl (C=O) groups is 2. The molecule has 12 nitrogen and oxygen atoms in total. The average molecular weight is 889 g/mol.